The van der Waals surface area contributed by atoms with Crippen LogP contribution in [0.2, 0.25) is 0 Å². The van der Waals surface area contributed by atoms with Gasteiger partial charge in [-0.2, -0.15) is 0 Å². The van der Waals surface area contributed by atoms with Crippen molar-refractivity contribution in [3.05, 3.63) is 0 Å². The lowest BCUT2D eigenvalue weighted by Crippen LogP contribution is -2.54. The van der Waals surface area contributed by atoms with Crippen LogP contribution in [0.1, 0.15) is 59.3 Å². The van der Waals surface area contributed by atoms with Crippen molar-refractivity contribution in [2.45, 2.75) is 68.8 Å². The molecule has 0 saturated heterocycles. The van der Waals surface area contributed by atoms with Crippen molar-refractivity contribution in [2.24, 2.45) is 11.1 Å². The Morgan fingerprint density at radius 1 is 1.13 bits per heavy atom. The number of rotatable bonds is 2. The number of nitrogens with two attached hydrogens (primary N) is 1. The zero-order chi connectivity index (χ0) is 11.2. The zero-order valence-electron chi connectivity index (χ0n) is 10.4. The van der Waals surface area contributed by atoms with E-state index in [0.29, 0.717) is 9.49 Å². The van der Waals surface area contributed by atoms with Crippen molar-refractivity contribution >= 4 is 11.8 Å². The third-order valence-corrected chi connectivity index (χ3v) is 5.45. The summed E-state index contributed by atoms with van der Waals surface area (Å²) in [5, 5.41) is 0. The average molecular weight is 227 g/mol. The fourth-order valence-corrected chi connectivity index (χ4v) is 5.84. The summed E-state index contributed by atoms with van der Waals surface area (Å²) in [4.78, 5) is 0. The van der Waals surface area contributed by atoms with Gasteiger partial charge in [-0.1, -0.05) is 33.6 Å². The molecule has 88 valence electrons. The van der Waals surface area contributed by atoms with E-state index in [1.165, 1.54) is 38.5 Å². The Balaban J connectivity index is 1.97. The lowest BCUT2D eigenvalue weighted by Gasteiger charge is -2.56. The molecular weight excluding hydrogens is 202 g/mol. The maximum Gasteiger partial charge on any atom is 0.0298 e. The van der Waals surface area contributed by atoms with Crippen LogP contribution in [0.25, 0.3) is 0 Å². The first-order valence-corrected chi connectivity index (χ1v) is 7.11. The minimum Gasteiger partial charge on any atom is -0.329 e. The number of hydrogen-bond donors (Lipinski definition) is 1. The smallest absolute Gasteiger partial charge is 0.0298 e. The molecule has 0 heterocycles. The van der Waals surface area contributed by atoms with Gasteiger partial charge >= 0.3 is 0 Å². The van der Waals surface area contributed by atoms with Crippen LogP contribution in [0.15, 0.2) is 0 Å². The van der Waals surface area contributed by atoms with Crippen LogP contribution >= 0.6 is 11.8 Å². The maximum atomic E-state index is 6.01. The lowest BCUT2D eigenvalue weighted by molar-refractivity contribution is 0.0927. The molecule has 0 aromatic heterocycles. The van der Waals surface area contributed by atoms with E-state index in [1.807, 2.05) is 0 Å². The van der Waals surface area contributed by atoms with Gasteiger partial charge in [0.2, 0.25) is 0 Å². The van der Waals surface area contributed by atoms with Gasteiger partial charge in [0.25, 0.3) is 0 Å². The molecule has 0 aromatic rings. The molecule has 0 bridgehead atoms. The minimum atomic E-state index is 0.361. The van der Waals surface area contributed by atoms with Gasteiger partial charge in [0.15, 0.2) is 0 Å². The fraction of sp³-hybridized carbons (Fsp3) is 1.00. The molecule has 2 heteroatoms. The Hall–Kier alpha value is 0.310. The maximum absolute atomic E-state index is 6.01. The molecule has 1 spiro atoms. The predicted molar refractivity (Wildman–Crippen MR) is 69.3 cm³/mol. The second-order valence-electron chi connectivity index (χ2n) is 6.66. The molecule has 0 aliphatic heterocycles. The summed E-state index contributed by atoms with van der Waals surface area (Å²) in [6, 6.07) is 0. The normalized spacial score (nSPS) is 28.0. The standard InChI is InChI=1S/C13H25NS/c1-11(2,3)15-13(10-14)8-12(9-13)6-4-5-7-12/h4-10,14H2,1-3H3. The molecule has 0 atom stereocenters. The van der Waals surface area contributed by atoms with E-state index in [9.17, 15) is 0 Å². The number of hydrogen-bond acceptors (Lipinski definition) is 2. The highest BCUT2D eigenvalue weighted by Crippen LogP contribution is 2.64. The van der Waals surface area contributed by atoms with Crippen LogP contribution in [-0.2, 0) is 0 Å². The highest BCUT2D eigenvalue weighted by molar-refractivity contribution is 8.02. The van der Waals surface area contributed by atoms with Gasteiger partial charge < -0.3 is 5.73 Å². The molecule has 0 aromatic carbocycles. The second-order valence-corrected chi connectivity index (χ2v) is 8.96. The van der Waals surface area contributed by atoms with Crippen molar-refractivity contribution in [1.29, 1.82) is 0 Å². The Morgan fingerprint density at radius 2 is 1.67 bits per heavy atom. The summed E-state index contributed by atoms with van der Waals surface area (Å²) in [6.45, 7) is 7.81. The molecular formula is C13H25NS. The highest BCUT2D eigenvalue weighted by Gasteiger charge is 2.55. The van der Waals surface area contributed by atoms with E-state index >= 15 is 0 Å². The Morgan fingerprint density at radius 3 is 2.07 bits per heavy atom. The molecule has 0 unspecified atom stereocenters. The van der Waals surface area contributed by atoms with E-state index in [1.54, 1.807) is 0 Å². The Labute approximate surface area is 98.6 Å². The van der Waals surface area contributed by atoms with E-state index in [0.717, 1.165) is 12.0 Å². The van der Waals surface area contributed by atoms with E-state index in [-0.39, 0.29) is 0 Å². The monoisotopic (exact) mass is 227 g/mol. The first-order valence-electron chi connectivity index (χ1n) is 6.29. The summed E-state index contributed by atoms with van der Waals surface area (Å²) in [5.41, 5.74) is 6.73. The van der Waals surface area contributed by atoms with E-state index in [2.05, 4.69) is 32.5 Å². The van der Waals surface area contributed by atoms with Gasteiger partial charge in [0, 0.05) is 16.0 Å². The first kappa shape index (κ1) is 11.8. The van der Waals surface area contributed by atoms with Gasteiger partial charge in [-0.25, -0.2) is 0 Å². The van der Waals surface area contributed by atoms with Gasteiger partial charge in [0.1, 0.15) is 0 Å². The third kappa shape index (κ3) is 2.36. The fourth-order valence-electron chi connectivity index (χ4n) is 3.70. The van der Waals surface area contributed by atoms with Crippen LogP contribution in [0.3, 0.4) is 0 Å². The molecule has 2 N–H and O–H groups in total. The molecule has 2 aliphatic carbocycles. The number of thioether (sulfide) groups is 1. The molecule has 0 amide bonds. The first-order chi connectivity index (χ1) is 6.89. The molecule has 2 fully saturated rings. The van der Waals surface area contributed by atoms with E-state index < -0.39 is 0 Å². The predicted octanol–water partition coefficient (Wildman–Crippen LogP) is 3.57. The summed E-state index contributed by atoms with van der Waals surface area (Å²) in [5.74, 6) is 0. The van der Waals surface area contributed by atoms with Gasteiger partial charge in [-0.3, -0.25) is 0 Å². The van der Waals surface area contributed by atoms with Gasteiger partial charge in [0.05, 0.1) is 0 Å². The SMILES string of the molecule is CC(C)(C)SC1(CN)CC2(CCCC2)C1. The highest BCUT2D eigenvalue weighted by atomic mass is 32.2. The van der Waals surface area contributed by atoms with Crippen molar-refractivity contribution < 1.29 is 0 Å². The van der Waals surface area contributed by atoms with Crippen LogP contribution < -0.4 is 5.73 Å². The van der Waals surface area contributed by atoms with E-state index in [4.69, 9.17) is 5.73 Å². The molecule has 1 nitrogen and oxygen atoms in total. The Kier molecular flexibility index (Phi) is 2.88. The van der Waals surface area contributed by atoms with Crippen molar-refractivity contribution in [3.63, 3.8) is 0 Å². The second kappa shape index (κ2) is 3.66. The summed E-state index contributed by atoms with van der Waals surface area (Å²) < 4.78 is 0.780. The average Bonchev–Trinajstić information content (AvgIpc) is 2.48. The Bertz CT molecular complexity index is 227. The van der Waals surface area contributed by atoms with Crippen molar-refractivity contribution in [3.8, 4) is 0 Å². The molecule has 2 saturated carbocycles. The zero-order valence-corrected chi connectivity index (χ0v) is 11.3. The van der Waals surface area contributed by atoms with Gasteiger partial charge in [-0.15, -0.1) is 11.8 Å². The van der Waals surface area contributed by atoms with Crippen LogP contribution in [-0.4, -0.2) is 16.0 Å². The summed E-state index contributed by atoms with van der Waals surface area (Å²) in [7, 11) is 0. The minimum absolute atomic E-state index is 0.361. The summed E-state index contributed by atoms with van der Waals surface area (Å²) in [6.07, 6.45) is 8.64. The largest absolute Gasteiger partial charge is 0.329 e. The lowest BCUT2D eigenvalue weighted by atomic mass is 9.60. The van der Waals surface area contributed by atoms with Crippen molar-refractivity contribution in [1.82, 2.24) is 0 Å². The topological polar surface area (TPSA) is 26.0 Å². The van der Waals surface area contributed by atoms with Crippen LogP contribution in [0, 0.1) is 5.41 Å². The van der Waals surface area contributed by atoms with Crippen LogP contribution in [0.5, 0.6) is 0 Å². The quantitative estimate of drug-likeness (QED) is 0.780. The third-order valence-electron chi connectivity index (χ3n) is 3.95. The summed E-state index contributed by atoms with van der Waals surface area (Å²) >= 11 is 2.13. The van der Waals surface area contributed by atoms with Crippen molar-refractivity contribution in [2.75, 3.05) is 6.54 Å². The molecule has 2 aliphatic rings. The van der Waals surface area contributed by atoms with Crippen LogP contribution in [0.4, 0.5) is 0 Å². The molecule has 15 heavy (non-hydrogen) atoms. The molecule has 0 radical (unpaired) electrons. The van der Waals surface area contributed by atoms with Gasteiger partial charge in [-0.05, 0) is 31.1 Å². The molecule has 2 rings (SSSR count).